The summed E-state index contributed by atoms with van der Waals surface area (Å²) in [6, 6.07) is 17.9. The molecule has 3 aromatic rings. The predicted octanol–water partition coefficient (Wildman–Crippen LogP) is 3.75. The maximum absolute atomic E-state index is 12.9. The summed E-state index contributed by atoms with van der Waals surface area (Å²) < 4.78 is 0. The lowest BCUT2D eigenvalue weighted by molar-refractivity contribution is -0.116. The summed E-state index contributed by atoms with van der Waals surface area (Å²) in [6.07, 6.45) is 2.49. The van der Waals surface area contributed by atoms with Crippen molar-refractivity contribution in [3.63, 3.8) is 0 Å². The van der Waals surface area contributed by atoms with Crippen LogP contribution < -0.4 is 10.6 Å². The summed E-state index contributed by atoms with van der Waals surface area (Å²) >= 11 is 0. The number of hydrogen-bond donors (Lipinski definition) is 2. The molecule has 0 spiro atoms. The lowest BCUT2D eigenvalue weighted by Crippen LogP contribution is -2.41. The summed E-state index contributed by atoms with van der Waals surface area (Å²) in [5.74, 6) is -1.06. The summed E-state index contributed by atoms with van der Waals surface area (Å²) in [5.41, 5.74) is 2.05. The van der Waals surface area contributed by atoms with Crippen molar-refractivity contribution in [2.45, 2.75) is 31.7 Å². The molecule has 0 atom stereocenters. The molecule has 0 radical (unpaired) electrons. The van der Waals surface area contributed by atoms with Gasteiger partial charge in [0.05, 0.1) is 0 Å². The van der Waals surface area contributed by atoms with Gasteiger partial charge in [-0.15, -0.1) is 0 Å². The normalized spacial score (nSPS) is 15.0. The molecule has 1 aliphatic carbocycles. The second kappa shape index (κ2) is 8.50. The number of rotatable bonds is 7. The van der Waals surface area contributed by atoms with Crippen LogP contribution in [0, 0.1) is 0 Å². The highest BCUT2D eigenvalue weighted by atomic mass is 16.2. The zero-order valence-corrected chi connectivity index (χ0v) is 18.0. The Hall–Kier alpha value is -4.00. The zero-order chi connectivity index (χ0) is 22.9. The van der Waals surface area contributed by atoms with Crippen molar-refractivity contribution >= 4 is 40.1 Å². The molecule has 1 aliphatic heterocycles. The molecular formula is C26H23N3O4. The van der Waals surface area contributed by atoms with E-state index in [1.165, 1.54) is 4.90 Å². The summed E-state index contributed by atoms with van der Waals surface area (Å²) in [6.45, 7) is 0.152. The third kappa shape index (κ3) is 4.22. The zero-order valence-electron chi connectivity index (χ0n) is 18.0. The first kappa shape index (κ1) is 20.9. The minimum atomic E-state index is -0.334. The van der Waals surface area contributed by atoms with Crippen LogP contribution >= 0.6 is 0 Å². The monoisotopic (exact) mass is 441 g/mol. The van der Waals surface area contributed by atoms with Gasteiger partial charge in [0.1, 0.15) is 0 Å². The fraction of sp³-hybridized carbons (Fsp3) is 0.231. The summed E-state index contributed by atoms with van der Waals surface area (Å²) in [7, 11) is 0. The van der Waals surface area contributed by atoms with E-state index < -0.39 is 0 Å². The second-order valence-corrected chi connectivity index (χ2v) is 8.45. The molecule has 0 aromatic heterocycles. The maximum atomic E-state index is 12.9. The fourth-order valence-electron chi connectivity index (χ4n) is 4.14. The first-order valence-electron chi connectivity index (χ1n) is 11.1. The molecule has 2 aliphatic rings. The van der Waals surface area contributed by atoms with Crippen LogP contribution in [0.3, 0.4) is 0 Å². The lowest BCUT2D eigenvalue weighted by Gasteiger charge is -2.27. The predicted molar refractivity (Wildman–Crippen MR) is 124 cm³/mol. The number of benzene rings is 3. The first-order valence-corrected chi connectivity index (χ1v) is 11.1. The molecule has 1 fully saturated rings. The average Bonchev–Trinajstić information content (AvgIpc) is 3.63. The number of imide groups is 1. The topological polar surface area (TPSA) is 95.6 Å². The Morgan fingerprint density at radius 2 is 1.58 bits per heavy atom. The molecule has 4 amide bonds. The molecular weight excluding hydrogens is 418 g/mol. The van der Waals surface area contributed by atoms with Crippen molar-refractivity contribution in [1.82, 2.24) is 10.2 Å². The van der Waals surface area contributed by atoms with Gasteiger partial charge in [-0.2, -0.15) is 0 Å². The highest BCUT2D eigenvalue weighted by molar-refractivity contribution is 6.25. The number of carbonyl (C=O) groups excluding carboxylic acids is 4. The van der Waals surface area contributed by atoms with Crippen molar-refractivity contribution in [2.75, 3.05) is 11.9 Å². The Balaban J connectivity index is 1.20. The Morgan fingerprint density at radius 1 is 0.909 bits per heavy atom. The Morgan fingerprint density at radius 3 is 2.24 bits per heavy atom. The maximum Gasteiger partial charge on any atom is 0.261 e. The van der Waals surface area contributed by atoms with Crippen LogP contribution in [0.2, 0.25) is 0 Å². The molecule has 0 bridgehead atoms. The van der Waals surface area contributed by atoms with Crippen LogP contribution in [0.25, 0.3) is 10.8 Å². The fourth-order valence-corrected chi connectivity index (χ4v) is 4.14. The van der Waals surface area contributed by atoms with Gasteiger partial charge in [0.15, 0.2) is 0 Å². The van der Waals surface area contributed by atoms with Gasteiger partial charge in [-0.05, 0) is 55.0 Å². The quantitative estimate of drug-likeness (QED) is 0.546. The van der Waals surface area contributed by atoms with Gasteiger partial charge < -0.3 is 10.6 Å². The van der Waals surface area contributed by atoms with Crippen LogP contribution in [-0.2, 0) is 4.79 Å². The van der Waals surface area contributed by atoms with Crippen molar-refractivity contribution in [1.29, 1.82) is 0 Å². The second-order valence-electron chi connectivity index (χ2n) is 8.45. The molecule has 7 heteroatoms. The summed E-state index contributed by atoms with van der Waals surface area (Å²) in [4.78, 5) is 51.7. The molecule has 3 aromatic carbocycles. The van der Waals surface area contributed by atoms with Gasteiger partial charge in [-0.3, -0.25) is 24.1 Å². The van der Waals surface area contributed by atoms with Gasteiger partial charge in [-0.1, -0.05) is 30.3 Å². The number of anilines is 1. The van der Waals surface area contributed by atoms with E-state index in [4.69, 9.17) is 0 Å². The van der Waals surface area contributed by atoms with E-state index in [9.17, 15) is 19.2 Å². The van der Waals surface area contributed by atoms with E-state index in [1.807, 2.05) is 12.1 Å². The molecule has 166 valence electrons. The van der Waals surface area contributed by atoms with Crippen LogP contribution in [0.1, 0.15) is 56.8 Å². The summed E-state index contributed by atoms with van der Waals surface area (Å²) in [5, 5.41) is 7.26. The van der Waals surface area contributed by atoms with Crippen LogP contribution in [0.15, 0.2) is 60.7 Å². The number of nitrogens with zero attached hydrogens (tertiary/aromatic N) is 1. The molecule has 5 rings (SSSR count). The van der Waals surface area contributed by atoms with Crippen molar-refractivity contribution in [3.8, 4) is 0 Å². The number of hydrogen-bond acceptors (Lipinski definition) is 4. The van der Waals surface area contributed by atoms with Gasteiger partial charge in [-0.25, -0.2) is 0 Å². The molecule has 33 heavy (non-hydrogen) atoms. The average molecular weight is 441 g/mol. The van der Waals surface area contributed by atoms with E-state index in [0.717, 1.165) is 18.2 Å². The largest absolute Gasteiger partial charge is 0.349 e. The number of amides is 4. The minimum absolute atomic E-state index is 0.140. The molecule has 7 nitrogen and oxygen atoms in total. The highest BCUT2D eigenvalue weighted by Gasteiger charge is 2.32. The standard InChI is InChI=1S/C26H23N3O4/c30-22(27-19-8-1-7-17(15-19)24(31)28-18-12-13-18)11-4-14-29-25(32)20-9-2-5-16-6-3-10-21(23(16)20)26(29)33/h1-3,5-10,15,18H,4,11-14H2,(H,27,30)(H,28,31). The van der Waals surface area contributed by atoms with Gasteiger partial charge in [0.2, 0.25) is 5.91 Å². The molecule has 2 N–H and O–H groups in total. The van der Waals surface area contributed by atoms with Gasteiger partial charge in [0.25, 0.3) is 17.7 Å². The van der Waals surface area contributed by atoms with Crippen LogP contribution in [0.4, 0.5) is 5.69 Å². The highest BCUT2D eigenvalue weighted by Crippen LogP contribution is 2.30. The van der Waals surface area contributed by atoms with Crippen molar-refractivity contribution in [2.24, 2.45) is 0 Å². The lowest BCUT2D eigenvalue weighted by atomic mass is 9.94. The Bertz CT molecular complexity index is 1240. The van der Waals surface area contributed by atoms with E-state index >= 15 is 0 Å². The van der Waals surface area contributed by atoms with Gasteiger partial charge >= 0.3 is 0 Å². The minimum Gasteiger partial charge on any atom is -0.349 e. The van der Waals surface area contributed by atoms with Gasteiger partial charge in [0, 0.05) is 46.8 Å². The van der Waals surface area contributed by atoms with E-state index in [2.05, 4.69) is 10.6 Å². The smallest absolute Gasteiger partial charge is 0.261 e. The van der Waals surface area contributed by atoms with Crippen molar-refractivity contribution in [3.05, 3.63) is 77.4 Å². The van der Waals surface area contributed by atoms with Crippen LogP contribution in [0.5, 0.6) is 0 Å². The van der Waals surface area contributed by atoms with E-state index in [0.29, 0.717) is 34.2 Å². The Labute approximate surface area is 190 Å². The first-order chi connectivity index (χ1) is 16.0. The molecule has 1 saturated carbocycles. The van der Waals surface area contributed by atoms with Crippen LogP contribution in [-0.4, -0.2) is 41.1 Å². The molecule has 0 saturated heterocycles. The molecule has 1 heterocycles. The Kier molecular flexibility index (Phi) is 5.38. The van der Waals surface area contributed by atoms with E-state index in [-0.39, 0.29) is 42.6 Å². The number of carbonyl (C=O) groups is 4. The van der Waals surface area contributed by atoms with Crippen molar-refractivity contribution < 1.29 is 19.2 Å². The third-order valence-corrected chi connectivity index (χ3v) is 5.96. The van der Waals surface area contributed by atoms with E-state index in [1.54, 1.807) is 48.5 Å². The molecule has 0 unspecified atom stereocenters. The third-order valence-electron chi connectivity index (χ3n) is 5.96. The SMILES string of the molecule is O=C(CCCN1C(=O)c2cccc3cccc(c23)C1=O)Nc1cccc(C(=O)NC2CC2)c1. The number of nitrogens with one attached hydrogen (secondary N) is 2.